The fourth-order valence-corrected chi connectivity index (χ4v) is 2.54. The maximum absolute atomic E-state index is 12.0. The zero-order valence-electron chi connectivity index (χ0n) is 11.4. The van der Waals surface area contributed by atoms with Crippen molar-refractivity contribution >= 4 is 18.3 Å². The molecule has 1 amide bonds. The average Bonchev–Trinajstić information content (AvgIpc) is 2.35. The fraction of sp³-hybridized carbons (Fsp3) is 0.533. The predicted molar refractivity (Wildman–Crippen MR) is 80.3 cm³/mol. The second-order valence-corrected chi connectivity index (χ2v) is 5.26. The molecule has 1 aromatic rings. The first-order valence-corrected chi connectivity index (χ1v) is 6.77. The summed E-state index contributed by atoms with van der Waals surface area (Å²) in [6.07, 6.45) is 4.82. The number of carbonyl (C=O) groups excluding carboxylic acids is 1. The first kappa shape index (κ1) is 16.0. The number of nitrogens with one attached hydrogen (secondary N) is 1. The summed E-state index contributed by atoms with van der Waals surface area (Å²) >= 11 is 0. The second-order valence-electron chi connectivity index (χ2n) is 5.26. The quantitative estimate of drug-likeness (QED) is 0.872. The Hall–Kier alpha value is -1.06. The summed E-state index contributed by atoms with van der Waals surface area (Å²) in [6.45, 7) is 2.14. The first-order valence-electron chi connectivity index (χ1n) is 6.77. The molecule has 0 bridgehead atoms. The van der Waals surface area contributed by atoms with E-state index in [1.54, 1.807) is 0 Å². The van der Waals surface area contributed by atoms with Gasteiger partial charge >= 0.3 is 0 Å². The van der Waals surface area contributed by atoms with Crippen LogP contribution in [0.15, 0.2) is 30.3 Å². The fourth-order valence-electron chi connectivity index (χ4n) is 2.54. The lowest BCUT2D eigenvalue weighted by Crippen LogP contribution is -2.53. The van der Waals surface area contributed by atoms with Crippen LogP contribution in [0, 0.1) is 0 Å². The Labute approximate surface area is 121 Å². The van der Waals surface area contributed by atoms with Crippen molar-refractivity contribution in [3.63, 3.8) is 0 Å². The molecule has 1 atom stereocenters. The largest absolute Gasteiger partial charge is 0.351 e. The van der Waals surface area contributed by atoms with Gasteiger partial charge in [-0.2, -0.15) is 0 Å². The number of carbonyl (C=O) groups is 1. The highest BCUT2D eigenvalue weighted by Crippen LogP contribution is 2.34. The average molecular weight is 283 g/mol. The summed E-state index contributed by atoms with van der Waals surface area (Å²) in [5, 5.41) is 3.16. The Morgan fingerprint density at radius 2 is 2.00 bits per heavy atom. The van der Waals surface area contributed by atoms with Gasteiger partial charge in [-0.3, -0.25) is 4.79 Å². The Balaban J connectivity index is 0.00000180. The molecular formula is C15H23ClN2O. The van der Waals surface area contributed by atoms with Crippen molar-refractivity contribution in [1.29, 1.82) is 0 Å². The van der Waals surface area contributed by atoms with E-state index in [9.17, 15) is 4.79 Å². The molecule has 1 aliphatic carbocycles. The van der Waals surface area contributed by atoms with Crippen LogP contribution in [0.1, 0.15) is 50.6 Å². The highest BCUT2D eigenvalue weighted by molar-refractivity contribution is 5.85. The van der Waals surface area contributed by atoms with Crippen LogP contribution in [-0.4, -0.2) is 11.4 Å². The van der Waals surface area contributed by atoms with Crippen LogP contribution in [0.5, 0.6) is 0 Å². The van der Waals surface area contributed by atoms with Crippen LogP contribution >= 0.6 is 12.4 Å². The smallest absolute Gasteiger partial charge is 0.222 e. The number of benzene rings is 1. The van der Waals surface area contributed by atoms with Gasteiger partial charge in [0.05, 0.1) is 0 Å². The molecule has 2 rings (SSSR count). The maximum Gasteiger partial charge on any atom is 0.222 e. The van der Waals surface area contributed by atoms with Crippen LogP contribution in [0.3, 0.4) is 0 Å². The Bertz CT molecular complexity index is 398. The molecule has 0 spiro atoms. The molecule has 3 nitrogen and oxygen atoms in total. The van der Waals surface area contributed by atoms with Crippen LogP contribution in [0.4, 0.5) is 0 Å². The van der Waals surface area contributed by atoms with Gasteiger partial charge in [0.2, 0.25) is 5.91 Å². The summed E-state index contributed by atoms with van der Waals surface area (Å²) in [6, 6.07) is 9.59. The Kier molecular flexibility index (Phi) is 5.83. The highest BCUT2D eigenvalue weighted by Gasteiger charge is 2.36. The summed E-state index contributed by atoms with van der Waals surface area (Å²) in [7, 11) is 0. The van der Waals surface area contributed by atoms with E-state index >= 15 is 0 Å². The van der Waals surface area contributed by atoms with Crippen molar-refractivity contribution in [2.75, 3.05) is 0 Å². The van der Waals surface area contributed by atoms with E-state index < -0.39 is 0 Å². The van der Waals surface area contributed by atoms with Gasteiger partial charge in [0.1, 0.15) is 0 Å². The number of halogens is 1. The third kappa shape index (κ3) is 3.95. The molecule has 19 heavy (non-hydrogen) atoms. The molecule has 0 radical (unpaired) electrons. The zero-order valence-corrected chi connectivity index (χ0v) is 12.2. The first-order chi connectivity index (χ1) is 8.65. The molecule has 0 saturated heterocycles. The maximum atomic E-state index is 12.0. The molecule has 0 aromatic heterocycles. The second kappa shape index (κ2) is 6.92. The molecule has 1 fully saturated rings. The lowest BCUT2D eigenvalue weighted by atomic mass is 9.74. The van der Waals surface area contributed by atoms with Gasteiger partial charge in [0.15, 0.2) is 0 Å². The van der Waals surface area contributed by atoms with Gasteiger partial charge in [-0.05, 0) is 31.2 Å². The monoisotopic (exact) mass is 282 g/mol. The molecule has 106 valence electrons. The minimum absolute atomic E-state index is 0. The van der Waals surface area contributed by atoms with Crippen LogP contribution < -0.4 is 11.1 Å². The van der Waals surface area contributed by atoms with Gasteiger partial charge in [0.25, 0.3) is 0 Å². The number of nitrogens with two attached hydrogens (primary N) is 1. The van der Waals surface area contributed by atoms with Gasteiger partial charge in [0, 0.05) is 18.0 Å². The van der Waals surface area contributed by atoms with Gasteiger partial charge < -0.3 is 11.1 Å². The van der Waals surface area contributed by atoms with Crippen molar-refractivity contribution < 1.29 is 4.79 Å². The molecular weight excluding hydrogens is 260 g/mol. The SMILES string of the molecule is CCC1(NC(=O)CC(N)c2ccccc2)CCC1.Cl. The van der Waals surface area contributed by atoms with Crippen molar-refractivity contribution in [3.8, 4) is 0 Å². The Morgan fingerprint density at radius 1 is 1.37 bits per heavy atom. The van der Waals surface area contributed by atoms with Crippen molar-refractivity contribution in [2.45, 2.75) is 50.6 Å². The molecule has 3 N–H and O–H groups in total. The number of amides is 1. The van der Waals surface area contributed by atoms with Gasteiger partial charge in [-0.1, -0.05) is 37.3 Å². The van der Waals surface area contributed by atoms with Crippen LogP contribution in [0.25, 0.3) is 0 Å². The number of hydrogen-bond donors (Lipinski definition) is 2. The summed E-state index contributed by atoms with van der Waals surface area (Å²) in [5.41, 5.74) is 7.14. The van der Waals surface area contributed by atoms with E-state index in [1.165, 1.54) is 6.42 Å². The normalized spacial score (nSPS) is 17.8. The van der Waals surface area contributed by atoms with E-state index in [2.05, 4.69) is 12.2 Å². The third-order valence-electron chi connectivity index (χ3n) is 4.03. The lowest BCUT2D eigenvalue weighted by molar-refractivity contribution is -0.124. The predicted octanol–water partition coefficient (Wildman–Crippen LogP) is 2.95. The topological polar surface area (TPSA) is 55.1 Å². The molecule has 1 aliphatic rings. The van der Waals surface area contributed by atoms with Crippen LogP contribution in [0.2, 0.25) is 0 Å². The highest BCUT2D eigenvalue weighted by atomic mass is 35.5. The van der Waals surface area contributed by atoms with Crippen LogP contribution in [-0.2, 0) is 4.79 Å². The number of hydrogen-bond acceptors (Lipinski definition) is 2. The van der Waals surface area contributed by atoms with Gasteiger partial charge in [-0.15, -0.1) is 12.4 Å². The van der Waals surface area contributed by atoms with E-state index in [-0.39, 0.29) is 29.9 Å². The van der Waals surface area contributed by atoms with Crippen molar-refractivity contribution in [1.82, 2.24) is 5.32 Å². The molecule has 0 aliphatic heterocycles. The summed E-state index contributed by atoms with van der Waals surface area (Å²) in [5.74, 6) is 0.0768. The van der Waals surface area contributed by atoms with E-state index in [4.69, 9.17) is 5.73 Å². The minimum Gasteiger partial charge on any atom is -0.351 e. The van der Waals surface area contributed by atoms with E-state index in [1.807, 2.05) is 30.3 Å². The third-order valence-corrected chi connectivity index (χ3v) is 4.03. The summed E-state index contributed by atoms with van der Waals surface area (Å²) < 4.78 is 0. The summed E-state index contributed by atoms with van der Waals surface area (Å²) in [4.78, 5) is 12.0. The molecule has 1 saturated carbocycles. The lowest BCUT2D eigenvalue weighted by Gasteiger charge is -2.42. The molecule has 1 unspecified atom stereocenters. The Morgan fingerprint density at radius 3 is 2.47 bits per heavy atom. The molecule has 1 aromatic carbocycles. The standard InChI is InChI=1S/C15H22N2O.ClH/c1-2-15(9-6-10-15)17-14(18)11-13(16)12-7-4-3-5-8-12;/h3-5,7-8,13H,2,6,9-11,16H2,1H3,(H,17,18);1H. The zero-order chi connectivity index (χ0) is 13.0. The van der Waals surface area contributed by atoms with E-state index in [0.717, 1.165) is 24.8 Å². The van der Waals surface area contributed by atoms with Crippen molar-refractivity contribution in [3.05, 3.63) is 35.9 Å². The molecule has 4 heteroatoms. The van der Waals surface area contributed by atoms with Crippen molar-refractivity contribution in [2.24, 2.45) is 5.73 Å². The van der Waals surface area contributed by atoms with E-state index in [0.29, 0.717) is 6.42 Å². The molecule has 0 heterocycles. The minimum atomic E-state index is -0.208. The van der Waals surface area contributed by atoms with Gasteiger partial charge in [-0.25, -0.2) is 0 Å². The number of rotatable bonds is 5.